The van der Waals surface area contributed by atoms with Crippen molar-refractivity contribution in [3.8, 4) is 5.69 Å². The van der Waals surface area contributed by atoms with Gasteiger partial charge in [0.05, 0.1) is 17.9 Å². The lowest BCUT2D eigenvalue weighted by molar-refractivity contribution is -0.123. The maximum Gasteiger partial charge on any atom is 0.237 e. The number of hydrogen-bond acceptors (Lipinski definition) is 3. The standard InChI is InChI=1S/C16H20N4O.ClH/c21-16(15-8-4-5-9-17-15)18-10-13-11-19-20(12-13)14-6-2-1-3-7-14;/h1-3,6-7,11-12,15,17H,4-5,8-10H2,(H,18,21);1H/t15-;/m1./s1. The fourth-order valence-electron chi connectivity index (χ4n) is 2.56. The number of hydrogen-bond donors (Lipinski definition) is 2. The molecule has 1 fully saturated rings. The topological polar surface area (TPSA) is 59.0 Å². The molecule has 1 atom stereocenters. The van der Waals surface area contributed by atoms with Gasteiger partial charge < -0.3 is 10.6 Å². The monoisotopic (exact) mass is 320 g/mol. The Morgan fingerprint density at radius 3 is 2.86 bits per heavy atom. The van der Waals surface area contributed by atoms with E-state index in [0.29, 0.717) is 6.54 Å². The third-order valence-corrected chi connectivity index (χ3v) is 3.75. The van der Waals surface area contributed by atoms with Crippen molar-refractivity contribution in [1.82, 2.24) is 20.4 Å². The zero-order valence-corrected chi connectivity index (χ0v) is 13.2. The summed E-state index contributed by atoms with van der Waals surface area (Å²) in [6.07, 6.45) is 6.95. The number of halogens is 1. The number of carbonyl (C=O) groups excluding carboxylic acids is 1. The molecule has 1 saturated heterocycles. The highest BCUT2D eigenvalue weighted by Gasteiger charge is 2.19. The Morgan fingerprint density at radius 1 is 1.32 bits per heavy atom. The number of benzene rings is 1. The van der Waals surface area contributed by atoms with Gasteiger partial charge >= 0.3 is 0 Å². The fraction of sp³-hybridized carbons (Fsp3) is 0.375. The van der Waals surface area contributed by atoms with Crippen LogP contribution in [-0.4, -0.2) is 28.3 Å². The van der Waals surface area contributed by atoms with E-state index in [9.17, 15) is 4.79 Å². The molecule has 2 heterocycles. The molecule has 1 aromatic heterocycles. The van der Waals surface area contributed by atoms with Gasteiger partial charge in [0.2, 0.25) is 5.91 Å². The first-order chi connectivity index (χ1) is 10.3. The van der Waals surface area contributed by atoms with Crippen LogP contribution in [0.3, 0.4) is 0 Å². The van der Waals surface area contributed by atoms with Crippen molar-refractivity contribution in [2.45, 2.75) is 31.8 Å². The molecule has 3 rings (SSSR count). The van der Waals surface area contributed by atoms with Gasteiger partial charge in [-0.2, -0.15) is 5.10 Å². The summed E-state index contributed by atoms with van der Waals surface area (Å²) in [6.45, 7) is 1.45. The maximum absolute atomic E-state index is 12.0. The molecule has 1 amide bonds. The largest absolute Gasteiger partial charge is 0.351 e. The van der Waals surface area contributed by atoms with Crippen LogP contribution in [-0.2, 0) is 11.3 Å². The lowest BCUT2D eigenvalue weighted by Crippen LogP contribution is -2.46. The molecule has 118 valence electrons. The minimum Gasteiger partial charge on any atom is -0.351 e. The predicted octanol–water partition coefficient (Wildman–Crippen LogP) is 2.05. The summed E-state index contributed by atoms with van der Waals surface area (Å²) in [4.78, 5) is 12.0. The van der Waals surface area contributed by atoms with Crippen LogP contribution in [0.5, 0.6) is 0 Å². The first-order valence-electron chi connectivity index (χ1n) is 7.43. The zero-order valence-electron chi connectivity index (χ0n) is 12.4. The number of para-hydroxylation sites is 1. The molecule has 0 radical (unpaired) electrons. The smallest absolute Gasteiger partial charge is 0.237 e. The Kier molecular flexibility index (Phi) is 5.98. The maximum atomic E-state index is 12.0. The molecule has 0 saturated carbocycles. The van der Waals surface area contributed by atoms with E-state index in [-0.39, 0.29) is 24.4 Å². The van der Waals surface area contributed by atoms with Crippen LogP contribution in [0.2, 0.25) is 0 Å². The Labute approximate surface area is 136 Å². The highest BCUT2D eigenvalue weighted by Crippen LogP contribution is 2.09. The summed E-state index contributed by atoms with van der Waals surface area (Å²) in [5.74, 6) is 0.0853. The van der Waals surface area contributed by atoms with Crippen molar-refractivity contribution in [3.63, 3.8) is 0 Å². The van der Waals surface area contributed by atoms with Crippen LogP contribution >= 0.6 is 12.4 Å². The minimum atomic E-state index is -0.0390. The average Bonchev–Trinajstić information content (AvgIpc) is 3.03. The van der Waals surface area contributed by atoms with Gasteiger partial charge in [-0.05, 0) is 31.5 Å². The van der Waals surface area contributed by atoms with E-state index < -0.39 is 0 Å². The number of carbonyl (C=O) groups is 1. The first kappa shape index (κ1) is 16.5. The van der Waals surface area contributed by atoms with Crippen molar-refractivity contribution in [2.75, 3.05) is 6.54 Å². The molecule has 1 aromatic carbocycles. The Hall–Kier alpha value is -1.85. The molecule has 1 aliphatic heterocycles. The molecular formula is C16H21ClN4O. The molecule has 1 aliphatic rings. The second-order valence-electron chi connectivity index (χ2n) is 5.35. The number of nitrogens with zero attached hydrogens (tertiary/aromatic N) is 2. The molecule has 0 bridgehead atoms. The lowest BCUT2D eigenvalue weighted by atomic mass is 10.0. The molecule has 0 aliphatic carbocycles. The van der Waals surface area contributed by atoms with Gasteiger partial charge in [0.25, 0.3) is 0 Å². The van der Waals surface area contributed by atoms with Crippen LogP contribution in [0.4, 0.5) is 0 Å². The molecule has 2 aromatic rings. The van der Waals surface area contributed by atoms with Gasteiger partial charge in [0, 0.05) is 18.3 Å². The first-order valence-corrected chi connectivity index (χ1v) is 7.43. The van der Waals surface area contributed by atoms with Gasteiger partial charge in [-0.1, -0.05) is 24.6 Å². The molecule has 2 N–H and O–H groups in total. The summed E-state index contributed by atoms with van der Waals surface area (Å²) in [7, 11) is 0. The van der Waals surface area contributed by atoms with E-state index in [2.05, 4.69) is 15.7 Å². The van der Waals surface area contributed by atoms with E-state index >= 15 is 0 Å². The van der Waals surface area contributed by atoms with E-state index in [0.717, 1.165) is 37.1 Å². The average molecular weight is 321 g/mol. The lowest BCUT2D eigenvalue weighted by Gasteiger charge is -2.22. The SMILES string of the molecule is Cl.O=C(NCc1cnn(-c2ccccc2)c1)[C@H]1CCCCN1. The summed E-state index contributed by atoms with van der Waals surface area (Å²) in [5, 5.41) is 10.6. The molecular weight excluding hydrogens is 300 g/mol. The Morgan fingerprint density at radius 2 is 2.14 bits per heavy atom. The van der Waals surface area contributed by atoms with Gasteiger partial charge in [-0.3, -0.25) is 4.79 Å². The van der Waals surface area contributed by atoms with Crippen LogP contribution in [0, 0.1) is 0 Å². The second-order valence-corrected chi connectivity index (χ2v) is 5.35. The molecule has 5 nitrogen and oxygen atoms in total. The van der Waals surface area contributed by atoms with E-state index in [1.165, 1.54) is 0 Å². The van der Waals surface area contributed by atoms with Gasteiger partial charge in [0.15, 0.2) is 0 Å². The van der Waals surface area contributed by atoms with E-state index in [1.54, 1.807) is 6.20 Å². The van der Waals surface area contributed by atoms with Crippen molar-refractivity contribution in [3.05, 3.63) is 48.3 Å². The second kappa shape index (κ2) is 7.96. The summed E-state index contributed by atoms with van der Waals surface area (Å²) < 4.78 is 1.82. The third-order valence-electron chi connectivity index (χ3n) is 3.75. The Bertz CT molecular complexity index is 593. The number of piperidine rings is 1. The van der Waals surface area contributed by atoms with Crippen molar-refractivity contribution < 1.29 is 4.79 Å². The number of nitrogens with one attached hydrogen (secondary N) is 2. The van der Waals surface area contributed by atoms with Crippen LogP contribution in [0.15, 0.2) is 42.7 Å². The summed E-state index contributed by atoms with van der Waals surface area (Å²) in [5.41, 5.74) is 2.02. The highest BCUT2D eigenvalue weighted by molar-refractivity contribution is 5.85. The zero-order chi connectivity index (χ0) is 14.5. The van der Waals surface area contributed by atoms with E-state index in [4.69, 9.17) is 0 Å². The van der Waals surface area contributed by atoms with Crippen LogP contribution in [0.1, 0.15) is 24.8 Å². The highest BCUT2D eigenvalue weighted by atomic mass is 35.5. The quantitative estimate of drug-likeness (QED) is 0.906. The minimum absolute atomic E-state index is 0. The van der Waals surface area contributed by atoms with Gasteiger partial charge in [-0.25, -0.2) is 4.68 Å². The third kappa shape index (κ3) is 4.08. The molecule has 6 heteroatoms. The summed E-state index contributed by atoms with van der Waals surface area (Å²) >= 11 is 0. The fourth-order valence-corrected chi connectivity index (χ4v) is 2.56. The molecule has 0 unspecified atom stereocenters. The van der Waals surface area contributed by atoms with Crippen LogP contribution in [0.25, 0.3) is 5.69 Å². The van der Waals surface area contributed by atoms with Crippen LogP contribution < -0.4 is 10.6 Å². The molecule has 22 heavy (non-hydrogen) atoms. The number of aromatic nitrogens is 2. The van der Waals surface area contributed by atoms with Gasteiger partial charge in [0.1, 0.15) is 0 Å². The normalized spacial score (nSPS) is 17.5. The Balaban J connectivity index is 0.00000176. The summed E-state index contributed by atoms with van der Waals surface area (Å²) in [6, 6.07) is 9.90. The van der Waals surface area contributed by atoms with Crippen molar-refractivity contribution >= 4 is 18.3 Å². The van der Waals surface area contributed by atoms with Gasteiger partial charge in [-0.15, -0.1) is 12.4 Å². The van der Waals surface area contributed by atoms with Crippen molar-refractivity contribution in [2.24, 2.45) is 0 Å². The number of amides is 1. The predicted molar refractivity (Wildman–Crippen MR) is 88.3 cm³/mol. The molecule has 0 spiro atoms. The van der Waals surface area contributed by atoms with Crippen molar-refractivity contribution in [1.29, 1.82) is 0 Å². The van der Waals surface area contributed by atoms with E-state index in [1.807, 2.05) is 41.2 Å². The number of rotatable bonds is 4.